The van der Waals surface area contributed by atoms with Crippen LogP contribution in [-0.2, 0) is 0 Å². The van der Waals surface area contributed by atoms with Crippen molar-refractivity contribution in [2.45, 2.75) is 26.3 Å². The second-order valence-electron chi connectivity index (χ2n) is 5.97. The molecule has 1 aromatic carbocycles. The molecular formula is C16H21BrClN5O. The Labute approximate surface area is 155 Å². The lowest BCUT2D eigenvalue weighted by atomic mass is 9.95. The van der Waals surface area contributed by atoms with Crippen LogP contribution in [0.4, 0.5) is 0 Å². The molecule has 8 heteroatoms. The zero-order valence-corrected chi connectivity index (χ0v) is 16.0. The molecule has 2 unspecified atom stereocenters. The summed E-state index contributed by atoms with van der Waals surface area (Å²) in [7, 11) is 0. The molecule has 1 amide bonds. The number of carbonyl (C=O) groups excluding carboxylic acids is 1. The van der Waals surface area contributed by atoms with Gasteiger partial charge in [0.05, 0.1) is 11.4 Å². The van der Waals surface area contributed by atoms with Crippen LogP contribution < -0.4 is 10.6 Å². The first-order valence-corrected chi connectivity index (χ1v) is 8.55. The Morgan fingerprint density at radius 2 is 2.25 bits per heavy atom. The van der Waals surface area contributed by atoms with Crippen LogP contribution in [0.25, 0.3) is 5.69 Å². The van der Waals surface area contributed by atoms with Crippen LogP contribution in [0.2, 0.25) is 0 Å². The number of nitrogens with zero attached hydrogens (tertiary/aromatic N) is 3. The number of carbonyl (C=O) groups is 1. The van der Waals surface area contributed by atoms with Crippen molar-refractivity contribution >= 4 is 34.2 Å². The Hall–Kier alpha value is -1.44. The van der Waals surface area contributed by atoms with Crippen LogP contribution in [0.15, 0.2) is 28.7 Å². The molecule has 3 rings (SSSR count). The Bertz CT molecular complexity index is 720. The fourth-order valence-corrected chi connectivity index (χ4v) is 3.20. The molecule has 2 aromatic rings. The quantitative estimate of drug-likeness (QED) is 0.809. The third kappa shape index (κ3) is 3.96. The van der Waals surface area contributed by atoms with E-state index >= 15 is 0 Å². The maximum Gasteiger partial charge on any atom is 0.274 e. The minimum absolute atomic E-state index is 0. The van der Waals surface area contributed by atoms with E-state index in [1.807, 2.05) is 31.2 Å². The van der Waals surface area contributed by atoms with Crippen molar-refractivity contribution in [2.24, 2.45) is 5.92 Å². The lowest BCUT2D eigenvalue weighted by Gasteiger charge is -2.29. The highest BCUT2D eigenvalue weighted by atomic mass is 79.9. The van der Waals surface area contributed by atoms with Gasteiger partial charge in [-0.2, -0.15) is 0 Å². The first kappa shape index (κ1) is 18.9. The molecule has 1 fully saturated rings. The molecule has 2 heterocycles. The monoisotopic (exact) mass is 413 g/mol. The number of hydrogen-bond donors (Lipinski definition) is 2. The largest absolute Gasteiger partial charge is 0.346 e. The van der Waals surface area contributed by atoms with Gasteiger partial charge in [-0.3, -0.25) is 4.79 Å². The van der Waals surface area contributed by atoms with Gasteiger partial charge in [-0.1, -0.05) is 34.1 Å². The van der Waals surface area contributed by atoms with Gasteiger partial charge in [-0.15, -0.1) is 17.5 Å². The topological polar surface area (TPSA) is 71.8 Å². The van der Waals surface area contributed by atoms with E-state index in [2.05, 4.69) is 43.8 Å². The van der Waals surface area contributed by atoms with Gasteiger partial charge in [0.1, 0.15) is 0 Å². The number of piperidine rings is 1. The molecule has 1 aliphatic heterocycles. The zero-order chi connectivity index (χ0) is 16.4. The van der Waals surface area contributed by atoms with Gasteiger partial charge in [0.15, 0.2) is 5.69 Å². The minimum Gasteiger partial charge on any atom is -0.346 e. The molecule has 0 spiro atoms. The summed E-state index contributed by atoms with van der Waals surface area (Å²) in [5.74, 6) is 0.296. The molecule has 6 nitrogen and oxygen atoms in total. The highest BCUT2D eigenvalue weighted by molar-refractivity contribution is 9.10. The summed E-state index contributed by atoms with van der Waals surface area (Å²) in [6.07, 6.45) is 1.06. The van der Waals surface area contributed by atoms with Gasteiger partial charge in [0, 0.05) is 17.1 Å². The van der Waals surface area contributed by atoms with Gasteiger partial charge in [-0.05, 0) is 44.0 Å². The van der Waals surface area contributed by atoms with Crippen molar-refractivity contribution in [2.75, 3.05) is 13.1 Å². The second kappa shape index (κ2) is 8.09. The normalized spacial score (nSPS) is 20.3. The van der Waals surface area contributed by atoms with Crippen molar-refractivity contribution in [3.63, 3.8) is 0 Å². The first-order valence-electron chi connectivity index (χ1n) is 7.76. The number of amides is 1. The third-order valence-corrected chi connectivity index (χ3v) is 4.80. The Morgan fingerprint density at radius 3 is 2.96 bits per heavy atom. The second-order valence-corrected chi connectivity index (χ2v) is 6.88. The number of aromatic nitrogens is 3. The van der Waals surface area contributed by atoms with E-state index in [9.17, 15) is 4.79 Å². The van der Waals surface area contributed by atoms with E-state index in [-0.39, 0.29) is 24.4 Å². The minimum atomic E-state index is -0.163. The number of hydrogen-bond acceptors (Lipinski definition) is 4. The first-order chi connectivity index (χ1) is 11.1. The van der Waals surface area contributed by atoms with E-state index < -0.39 is 0 Å². The molecule has 0 radical (unpaired) electrons. The lowest BCUT2D eigenvalue weighted by Crippen LogP contribution is -2.50. The summed E-state index contributed by atoms with van der Waals surface area (Å²) < 4.78 is 2.64. The lowest BCUT2D eigenvalue weighted by molar-refractivity contribution is 0.0909. The van der Waals surface area contributed by atoms with E-state index in [0.717, 1.165) is 35.4 Å². The summed E-state index contributed by atoms with van der Waals surface area (Å²) >= 11 is 3.44. The number of benzene rings is 1. The van der Waals surface area contributed by atoms with E-state index in [4.69, 9.17) is 0 Å². The summed E-state index contributed by atoms with van der Waals surface area (Å²) in [6, 6.07) is 7.88. The highest BCUT2D eigenvalue weighted by Gasteiger charge is 2.25. The zero-order valence-electron chi connectivity index (χ0n) is 13.6. The fourth-order valence-electron chi connectivity index (χ4n) is 2.81. The third-order valence-electron chi connectivity index (χ3n) is 4.31. The summed E-state index contributed by atoms with van der Waals surface area (Å²) in [5, 5.41) is 14.6. The van der Waals surface area contributed by atoms with E-state index in [1.54, 1.807) is 4.68 Å². The smallest absolute Gasteiger partial charge is 0.274 e. The Morgan fingerprint density at radius 1 is 1.46 bits per heavy atom. The van der Waals surface area contributed by atoms with Crippen LogP contribution in [0, 0.1) is 12.8 Å². The summed E-state index contributed by atoms with van der Waals surface area (Å²) in [4.78, 5) is 12.5. The fraction of sp³-hybridized carbons (Fsp3) is 0.438. The molecule has 2 atom stereocenters. The molecule has 1 aromatic heterocycles. The van der Waals surface area contributed by atoms with Gasteiger partial charge in [0.25, 0.3) is 5.91 Å². The predicted octanol–water partition coefficient (Wildman–Crippen LogP) is 2.49. The summed E-state index contributed by atoms with van der Waals surface area (Å²) in [6.45, 7) is 5.83. The van der Waals surface area contributed by atoms with Crippen molar-refractivity contribution in [1.82, 2.24) is 25.6 Å². The number of halogens is 2. The van der Waals surface area contributed by atoms with Crippen LogP contribution in [0.3, 0.4) is 0 Å². The van der Waals surface area contributed by atoms with E-state index in [1.165, 1.54) is 0 Å². The maximum absolute atomic E-state index is 12.5. The van der Waals surface area contributed by atoms with Crippen molar-refractivity contribution in [3.8, 4) is 5.69 Å². The predicted molar refractivity (Wildman–Crippen MR) is 98.9 cm³/mol. The van der Waals surface area contributed by atoms with Crippen molar-refractivity contribution < 1.29 is 4.79 Å². The molecule has 2 N–H and O–H groups in total. The molecule has 24 heavy (non-hydrogen) atoms. The number of rotatable bonds is 3. The molecular weight excluding hydrogens is 394 g/mol. The average Bonchev–Trinajstić information content (AvgIpc) is 2.91. The van der Waals surface area contributed by atoms with Crippen LogP contribution in [0.1, 0.15) is 29.5 Å². The Kier molecular flexibility index (Phi) is 6.37. The maximum atomic E-state index is 12.5. The van der Waals surface area contributed by atoms with Gasteiger partial charge in [0.2, 0.25) is 0 Å². The van der Waals surface area contributed by atoms with E-state index in [0.29, 0.717) is 11.6 Å². The van der Waals surface area contributed by atoms with Gasteiger partial charge < -0.3 is 10.6 Å². The molecule has 0 saturated carbocycles. The number of nitrogens with one attached hydrogen (secondary N) is 2. The van der Waals surface area contributed by atoms with Crippen molar-refractivity contribution in [1.29, 1.82) is 0 Å². The molecule has 130 valence electrons. The molecule has 1 saturated heterocycles. The summed E-state index contributed by atoms with van der Waals surface area (Å²) in [5.41, 5.74) is 1.98. The van der Waals surface area contributed by atoms with Crippen LogP contribution in [-0.4, -0.2) is 40.0 Å². The SMILES string of the molecule is Cc1c(C(=O)NC2CNCCC2C)nnn1-c1cccc(Br)c1.Cl. The van der Waals surface area contributed by atoms with Gasteiger partial charge in [-0.25, -0.2) is 4.68 Å². The standard InChI is InChI=1S/C16H20BrN5O.ClH/c1-10-6-7-18-9-14(10)19-16(23)15-11(2)22(21-20-15)13-5-3-4-12(17)8-13;/h3-5,8,10,14,18H,6-7,9H2,1-2H3,(H,19,23);1H. The van der Waals surface area contributed by atoms with Gasteiger partial charge >= 0.3 is 0 Å². The highest BCUT2D eigenvalue weighted by Crippen LogP contribution is 2.18. The molecule has 0 bridgehead atoms. The van der Waals surface area contributed by atoms with Crippen LogP contribution in [0.5, 0.6) is 0 Å². The molecule has 1 aliphatic rings. The molecule has 0 aliphatic carbocycles. The Balaban J connectivity index is 0.00000208. The average molecular weight is 415 g/mol. The van der Waals surface area contributed by atoms with Crippen LogP contribution >= 0.6 is 28.3 Å². The van der Waals surface area contributed by atoms with Crippen molar-refractivity contribution in [3.05, 3.63) is 40.1 Å².